The lowest BCUT2D eigenvalue weighted by Gasteiger charge is -2.16. The van der Waals surface area contributed by atoms with Gasteiger partial charge in [-0.2, -0.15) is 0 Å². The molecule has 1 unspecified atom stereocenters. The monoisotopic (exact) mass is 451 g/mol. The van der Waals surface area contributed by atoms with Crippen molar-refractivity contribution in [2.24, 2.45) is 0 Å². The Morgan fingerprint density at radius 1 is 1.16 bits per heavy atom. The Bertz CT molecular complexity index is 1170. The second kappa shape index (κ2) is 9.74. The highest BCUT2D eigenvalue weighted by atomic mass is 32.2. The van der Waals surface area contributed by atoms with Crippen LogP contribution in [0.4, 0.5) is 5.82 Å². The third kappa shape index (κ3) is 4.70. The van der Waals surface area contributed by atoms with Gasteiger partial charge in [0.1, 0.15) is 29.2 Å². The molecule has 1 aliphatic heterocycles. The summed E-state index contributed by atoms with van der Waals surface area (Å²) < 4.78 is 10.8. The number of methoxy groups -OCH3 is 1. The van der Waals surface area contributed by atoms with E-state index < -0.39 is 5.97 Å². The van der Waals surface area contributed by atoms with Gasteiger partial charge in [-0.3, -0.25) is 0 Å². The maximum atomic E-state index is 11.4. The van der Waals surface area contributed by atoms with Crippen LogP contribution in [0.15, 0.2) is 59.1 Å². The molecule has 7 nitrogen and oxygen atoms in total. The van der Waals surface area contributed by atoms with Crippen LogP contribution in [0, 0.1) is 0 Å². The lowest BCUT2D eigenvalue weighted by molar-refractivity contribution is 0.0692. The van der Waals surface area contributed by atoms with E-state index in [0.717, 1.165) is 29.4 Å². The largest absolute Gasteiger partial charge is 0.497 e. The lowest BCUT2D eigenvalue weighted by Crippen LogP contribution is -2.08. The number of thiol groups is 1. The van der Waals surface area contributed by atoms with E-state index in [0.29, 0.717) is 18.1 Å². The van der Waals surface area contributed by atoms with Gasteiger partial charge in [-0.15, -0.1) is 0 Å². The third-order valence-electron chi connectivity index (χ3n) is 5.11. The highest BCUT2D eigenvalue weighted by Gasteiger charge is 2.15. The fourth-order valence-electron chi connectivity index (χ4n) is 3.55. The number of carboxylic acid groups (broad SMARTS) is 1. The first-order valence-corrected chi connectivity index (χ1v) is 11.9. The van der Waals surface area contributed by atoms with E-state index >= 15 is 0 Å². The van der Waals surface area contributed by atoms with Gasteiger partial charge in [-0.05, 0) is 65.0 Å². The Balaban J connectivity index is 1.43. The van der Waals surface area contributed by atoms with Crippen LogP contribution in [0.5, 0.6) is 11.5 Å². The molecule has 1 atom stereocenters. The standard InChI is InChI=1S/C24H25N3O4S/c1-3-31-21-13-16(4-6-19(21)24(28)29)20-14-23(27-15-26-20)25-9-11-32-10-8-17-12-18(30-2)5-7-22(17)32/h4-8,10,12-15,32H,3,9,11H2,1-2H3,(H,28,29)(H,25,26,27). The minimum atomic E-state index is -1.02. The van der Waals surface area contributed by atoms with Crippen LogP contribution in [0.3, 0.4) is 0 Å². The lowest BCUT2D eigenvalue weighted by atomic mass is 10.1. The van der Waals surface area contributed by atoms with E-state index in [-0.39, 0.29) is 16.5 Å². The molecule has 1 aromatic heterocycles. The van der Waals surface area contributed by atoms with E-state index in [9.17, 15) is 9.90 Å². The first-order chi connectivity index (χ1) is 15.6. The number of fused-ring (bicyclic) bond motifs is 1. The number of ether oxygens (including phenoxy) is 2. The van der Waals surface area contributed by atoms with Gasteiger partial charge in [0.15, 0.2) is 0 Å². The molecular weight excluding hydrogens is 426 g/mol. The van der Waals surface area contributed by atoms with Crippen LogP contribution >= 0.6 is 10.9 Å². The SMILES string of the molecule is CCOc1cc(-c2cc(NCC[SH]3C=Cc4cc(OC)ccc43)ncn2)ccc1C(=O)O. The van der Waals surface area contributed by atoms with E-state index in [1.807, 2.05) is 19.1 Å². The maximum Gasteiger partial charge on any atom is 0.339 e. The number of rotatable bonds is 9. The molecule has 2 aromatic carbocycles. The Labute approximate surface area is 189 Å². The number of aromatic carboxylic acids is 1. The van der Waals surface area contributed by atoms with Crippen LogP contribution in [-0.4, -0.2) is 47.1 Å². The number of anilines is 1. The fraction of sp³-hybridized carbons (Fsp3) is 0.208. The summed E-state index contributed by atoms with van der Waals surface area (Å²) in [5.41, 5.74) is 2.83. The predicted molar refractivity (Wildman–Crippen MR) is 128 cm³/mol. The molecule has 2 N–H and O–H groups in total. The minimum absolute atomic E-state index is 0.132. The van der Waals surface area contributed by atoms with Gasteiger partial charge in [0, 0.05) is 18.2 Å². The number of hydrogen-bond donors (Lipinski definition) is 3. The van der Waals surface area contributed by atoms with E-state index in [1.165, 1.54) is 16.8 Å². The highest BCUT2D eigenvalue weighted by Crippen LogP contribution is 2.46. The highest BCUT2D eigenvalue weighted by molar-refractivity contribution is 8.20. The van der Waals surface area contributed by atoms with Gasteiger partial charge in [-0.25, -0.2) is 25.7 Å². The van der Waals surface area contributed by atoms with Crippen LogP contribution < -0.4 is 14.8 Å². The van der Waals surface area contributed by atoms with E-state index in [2.05, 4.69) is 38.9 Å². The van der Waals surface area contributed by atoms with Crippen molar-refractivity contribution in [2.45, 2.75) is 11.8 Å². The van der Waals surface area contributed by atoms with Gasteiger partial charge in [0.2, 0.25) is 0 Å². The van der Waals surface area contributed by atoms with Gasteiger partial charge >= 0.3 is 5.97 Å². The van der Waals surface area contributed by atoms with Crippen molar-refractivity contribution in [3.8, 4) is 22.8 Å². The van der Waals surface area contributed by atoms with Crippen molar-refractivity contribution in [1.82, 2.24) is 9.97 Å². The van der Waals surface area contributed by atoms with Crippen LogP contribution in [0.1, 0.15) is 22.8 Å². The average Bonchev–Trinajstić information content (AvgIpc) is 3.21. The van der Waals surface area contributed by atoms with Crippen molar-refractivity contribution in [3.05, 3.63) is 65.3 Å². The molecule has 8 heteroatoms. The molecule has 0 spiro atoms. The zero-order chi connectivity index (χ0) is 22.5. The molecule has 4 rings (SSSR count). The number of hydrogen-bond acceptors (Lipinski definition) is 6. The Morgan fingerprint density at radius 2 is 2.03 bits per heavy atom. The van der Waals surface area contributed by atoms with Crippen LogP contribution in [0.25, 0.3) is 17.3 Å². The summed E-state index contributed by atoms with van der Waals surface area (Å²) >= 11 is 0. The smallest absolute Gasteiger partial charge is 0.339 e. The van der Waals surface area contributed by atoms with E-state index in [1.54, 1.807) is 25.3 Å². The number of nitrogens with zero attached hydrogens (tertiary/aromatic N) is 2. The summed E-state index contributed by atoms with van der Waals surface area (Å²) in [6.45, 7) is 2.98. The van der Waals surface area contributed by atoms with Crippen molar-refractivity contribution in [3.63, 3.8) is 0 Å². The molecule has 0 saturated carbocycles. The number of benzene rings is 2. The molecule has 0 bridgehead atoms. The molecule has 0 fully saturated rings. The first kappa shape index (κ1) is 21.7. The third-order valence-corrected chi connectivity index (χ3v) is 7.35. The molecule has 1 aliphatic rings. The number of aromatic nitrogens is 2. The topological polar surface area (TPSA) is 93.6 Å². The van der Waals surface area contributed by atoms with Crippen molar-refractivity contribution < 1.29 is 19.4 Å². The first-order valence-electron chi connectivity index (χ1n) is 10.3. The number of carboxylic acids is 1. The zero-order valence-electron chi connectivity index (χ0n) is 17.9. The summed E-state index contributed by atoms with van der Waals surface area (Å²) in [4.78, 5) is 21.4. The molecule has 0 saturated heterocycles. The molecule has 3 aromatic rings. The fourth-order valence-corrected chi connectivity index (χ4v) is 5.53. The van der Waals surface area contributed by atoms with E-state index in [4.69, 9.17) is 9.47 Å². The van der Waals surface area contributed by atoms with Crippen molar-refractivity contribution in [1.29, 1.82) is 0 Å². The number of nitrogens with one attached hydrogen (secondary N) is 1. The van der Waals surface area contributed by atoms with Gasteiger partial charge in [-0.1, -0.05) is 6.07 Å². The molecule has 166 valence electrons. The maximum absolute atomic E-state index is 11.4. The van der Waals surface area contributed by atoms with Crippen molar-refractivity contribution in [2.75, 3.05) is 31.3 Å². The zero-order valence-corrected chi connectivity index (χ0v) is 18.8. The quantitative estimate of drug-likeness (QED) is 0.406. The molecule has 0 amide bonds. The summed E-state index contributed by atoms with van der Waals surface area (Å²) in [6, 6.07) is 13.1. The second-order valence-electron chi connectivity index (χ2n) is 7.10. The Morgan fingerprint density at radius 3 is 2.81 bits per heavy atom. The Hall–Kier alpha value is -3.52. The normalized spacial score (nSPS) is 15.2. The van der Waals surface area contributed by atoms with Crippen LogP contribution in [0.2, 0.25) is 0 Å². The second-order valence-corrected chi connectivity index (χ2v) is 9.26. The molecule has 0 radical (unpaired) electrons. The summed E-state index contributed by atoms with van der Waals surface area (Å²) in [6.07, 6.45) is 3.68. The molecule has 2 heterocycles. The van der Waals surface area contributed by atoms with Gasteiger partial charge in [0.25, 0.3) is 0 Å². The summed E-state index contributed by atoms with van der Waals surface area (Å²) in [5, 5.41) is 15.0. The van der Waals surface area contributed by atoms with Crippen LogP contribution in [-0.2, 0) is 0 Å². The van der Waals surface area contributed by atoms with Gasteiger partial charge < -0.3 is 19.9 Å². The molecule has 0 aliphatic carbocycles. The van der Waals surface area contributed by atoms with Gasteiger partial charge in [0.05, 0.1) is 19.4 Å². The summed E-state index contributed by atoms with van der Waals surface area (Å²) in [7, 11) is 1.32. The summed E-state index contributed by atoms with van der Waals surface area (Å²) in [5.74, 6) is 1.90. The average molecular weight is 452 g/mol. The molecule has 32 heavy (non-hydrogen) atoms. The number of carbonyl (C=O) groups is 1. The predicted octanol–water partition coefficient (Wildman–Crippen LogP) is 4.71. The Kier molecular flexibility index (Phi) is 6.61. The van der Waals surface area contributed by atoms with Crippen molar-refractivity contribution >= 4 is 28.8 Å². The molecular formula is C24H25N3O4S. The minimum Gasteiger partial charge on any atom is -0.497 e.